The molecule has 0 aliphatic heterocycles. The number of hydrogen-bond acceptors (Lipinski definition) is 5. The van der Waals surface area contributed by atoms with Crippen LogP contribution in [0.1, 0.15) is 27.7 Å². The number of amides is 1. The van der Waals surface area contributed by atoms with Gasteiger partial charge in [0.25, 0.3) is 0 Å². The Morgan fingerprint density at radius 3 is 2.42 bits per heavy atom. The van der Waals surface area contributed by atoms with Crippen LogP contribution < -0.4 is 5.32 Å². The molecule has 7 nitrogen and oxygen atoms in total. The Morgan fingerprint density at radius 2 is 1.81 bits per heavy atom. The number of nitrogens with zero attached hydrogens (tertiary/aromatic N) is 3. The van der Waals surface area contributed by atoms with Gasteiger partial charge in [0.1, 0.15) is 0 Å². The van der Waals surface area contributed by atoms with Gasteiger partial charge in [-0.1, -0.05) is 43.8 Å². The van der Waals surface area contributed by atoms with Crippen molar-refractivity contribution in [3.05, 3.63) is 48.5 Å². The highest BCUT2D eigenvalue weighted by Crippen LogP contribution is 2.30. The molecule has 0 saturated carbocycles. The molecular weight excluding hydrogens is 432 g/mol. The number of aryl methyl sites for hydroxylation is 1. The minimum absolute atomic E-state index is 0.115. The van der Waals surface area contributed by atoms with Crippen molar-refractivity contribution < 1.29 is 13.2 Å². The van der Waals surface area contributed by atoms with Crippen LogP contribution in [0.25, 0.3) is 11.0 Å². The van der Waals surface area contributed by atoms with Gasteiger partial charge in [0.2, 0.25) is 15.9 Å². The number of hydrogen-bond donors (Lipinski definition) is 1. The highest BCUT2D eigenvalue weighted by molar-refractivity contribution is 8.00. The molecule has 1 heterocycles. The number of sulfonamides is 1. The van der Waals surface area contributed by atoms with Crippen LogP contribution in [0, 0.1) is 0 Å². The Morgan fingerprint density at radius 1 is 1.13 bits per heavy atom. The SMILES string of the molecule is CCN(CC)S(=O)(=O)c1ccc2c(c1)nc(SC(C)C(=O)Nc1ccccc1)n2CC. The third kappa shape index (κ3) is 4.94. The molecule has 166 valence electrons. The van der Waals surface area contributed by atoms with E-state index in [2.05, 4.69) is 10.3 Å². The van der Waals surface area contributed by atoms with E-state index in [4.69, 9.17) is 0 Å². The Bertz CT molecular complexity index is 1160. The van der Waals surface area contributed by atoms with E-state index in [1.165, 1.54) is 16.1 Å². The molecule has 3 aromatic rings. The average Bonchev–Trinajstić information content (AvgIpc) is 3.11. The second-order valence-electron chi connectivity index (χ2n) is 6.99. The number of benzene rings is 2. The second kappa shape index (κ2) is 9.84. The van der Waals surface area contributed by atoms with E-state index in [1.54, 1.807) is 18.2 Å². The lowest BCUT2D eigenvalue weighted by atomic mass is 10.3. The maximum atomic E-state index is 12.9. The number of carbonyl (C=O) groups is 1. The number of anilines is 1. The Labute approximate surface area is 187 Å². The maximum absolute atomic E-state index is 12.9. The molecule has 31 heavy (non-hydrogen) atoms. The molecule has 9 heteroatoms. The fourth-order valence-corrected chi connectivity index (χ4v) is 5.80. The predicted octanol–water partition coefficient (Wildman–Crippen LogP) is 4.21. The van der Waals surface area contributed by atoms with Crippen LogP contribution in [0.4, 0.5) is 5.69 Å². The first-order valence-electron chi connectivity index (χ1n) is 10.3. The zero-order valence-electron chi connectivity index (χ0n) is 18.2. The van der Waals surface area contributed by atoms with Gasteiger partial charge in [-0.3, -0.25) is 4.79 Å². The first-order valence-corrected chi connectivity index (χ1v) is 12.7. The molecule has 1 unspecified atom stereocenters. The lowest BCUT2D eigenvalue weighted by molar-refractivity contribution is -0.115. The standard InChI is InChI=1S/C22H28N4O3S2/c1-5-25(6-2)31(28,29)18-13-14-20-19(15-18)24-22(26(20)7-3)30-16(4)21(27)23-17-11-9-8-10-12-17/h8-16H,5-7H2,1-4H3,(H,23,27). The maximum Gasteiger partial charge on any atom is 0.243 e. The second-order valence-corrected chi connectivity index (χ2v) is 10.2. The van der Waals surface area contributed by atoms with Gasteiger partial charge in [0, 0.05) is 25.3 Å². The summed E-state index contributed by atoms with van der Waals surface area (Å²) in [5, 5.41) is 3.22. The zero-order chi connectivity index (χ0) is 22.6. The van der Waals surface area contributed by atoms with Gasteiger partial charge in [-0.25, -0.2) is 13.4 Å². The molecule has 1 aromatic heterocycles. The molecule has 0 spiro atoms. The summed E-state index contributed by atoms with van der Waals surface area (Å²) in [6.07, 6.45) is 0. The van der Waals surface area contributed by atoms with E-state index >= 15 is 0 Å². The van der Waals surface area contributed by atoms with Crippen molar-refractivity contribution in [1.82, 2.24) is 13.9 Å². The Hall–Kier alpha value is -2.36. The van der Waals surface area contributed by atoms with Crippen molar-refractivity contribution in [2.45, 2.75) is 49.5 Å². The minimum atomic E-state index is -3.56. The molecule has 1 amide bonds. The monoisotopic (exact) mass is 460 g/mol. The predicted molar refractivity (Wildman–Crippen MR) is 126 cm³/mol. The van der Waals surface area contributed by atoms with Crippen molar-refractivity contribution in [3.8, 4) is 0 Å². The fraction of sp³-hybridized carbons (Fsp3) is 0.364. The van der Waals surface area contributed by atoms with Crippen LogP contribution >= 0.6 is 11.8 Å². The van der Waals surface area contributed by atoms with Gasteiger partial charge < -0.3 is 9.88 Å². The first kappa shape index (κ1) is 23.3. The molecule has 0 fully saturated rings. The highest BCUT2D eigenvalue weighted by Gasteiger charge is 2.24. The summed E-state index contributed by atoms with van der Waals surface area (Å²) >= 11 is 1.36. The summed E-state index contributed by atoms with van der Waals surface area (Å²) in [6, 6.07) is 14.4. The smallest absolute Gasteiger partial charge is 0.243 e. The molecule has 0 radical (unpaired) electrons. The average molecular weight is 461 g/mol. The van der Waals surface area contributed by atoms with Crippen molar-refractivity contribution in [3.63, 3.8) is 0 Å². The topological polar surface area (TPSA) is 84.3 Å². The van der Waals surface area contributed by atoms with Crippen LogP contribution in [0.5, 0.6) is 0 Å². The largest absolute Gasteiger partial charge is 0.325 e. The number of thioether (sulfide) groups is 1. The molecule has 1 atom stereocenters. The summed E-state index contributed by atoms with van der Waals surface area (Å²) in [7, 11) is -3.56. The van der Waals surface area contributed by atoms with Crippen molar-refractivity contribution in [2.24, 2.45) is 0 Å². The lowest BCUT2D eigenvalue weighted by Gasteiger charge is -2.18. The zero-order valence-corrected chi connectivity index (χ0v) is 19.8. The highest BCUT2D eigenvalue weighted by atomic mass is 32.2. The van der Waals surface area contributed by atoms with Gasteiger partial charge in [-0.2, -0.15) is 4.31 Å². The van der Waals surface area contributed by atoms with E-state index in [9.17, 15) is 13.2 Å². The van der Waals surface area contributed by atoms with E-state index in [1.807, 2.05) is 62.6 Å². The number of imidazole rings is 1. The molecule has 2 aromatic carbocycles. The van der Waals surface area contributed by atoms with Crippen LogP contribution in [-0.2, 0) is 21.4 Å². The molecule has 0 saturated heterocycles. The van der Waals surface area contributed by atoms with Crippen LogP contribution in [0.15, 0.2) is 58.6 Å². The van der Waals surface area contributed by atoms with E-state index in [0.717, 1.165) is 11.2 Å². The molecule has 3 rings (SSSR count). The Kier molecular flexibility index (Phi) is 7.40. The van der Waals surface area contributed by atoms with E-state index in [-0.39, 0.29) is 16.1 Å². The van der Waals surface area contributed by atoms with Gasteiger partial charge in [0.15, 0.2) is 5.16 Å². The molecule has 0 aliphatic carbocycles. The molecule has 0 bridgehead atoms. The van der Waals surface area contributed by atoms with Crippen molar-refractivity contribution in [1.29, 1.82) is 0 Å². The number of fused-ring (bicyclic) bond motifs is 1. The van der Waals surface area contributed by atoms with Gasteiger partial charge in [-0.15, -0.1) is 0 Å². The first-order chi connectivity index (χ1) is 14.8. The molecular formula is C22H28N4O3S2. The number of para-hydroxylation sites is 1. The van der Waals surface area contributed by atoms with E-state index < -0.39 is 10.0 Å². The number of nitrogens with one attached hydrogen (secondary N) is 1. The molecule has 0 aliphatic rings. The summed E-state index contributed by atoms with van der Waals surface area (Å²) < 4.78 is 29.2. The summed E-state index contributed by atoms with van der Waals surface area (Å²) in [5.74, 6) is -0.115. The normalized spacial score (nSPS) is 12.9. The lowest BCUT2D eigenvalue weighted by Crippen LogP contribution is -2.30. The summed E-state index contributed by atoms with van der Waals surface area (Å²) in [4.78, 5) is 17.5. The third-order valence-corrected chi connectivity index (χ3v) is 8.17. The Balaban J connectivity index is 1.88. The van der Waals surface area contributed by atoms with E-state index in [0.29, 0.717) is 30.3 Å². The number of aromatic nitrogens is 2. The van der Waals surface area contributed by atoms with Gasteiger partial charge >= 0.3 is 0 Å². The summed E-state index contributed by atoms with van der Waals surface area (Å²) in [6.45, 7) is 8.96. The fourth-order valence-electron chi connectivity index (χ4n) is 3.33. The number of rotatable bonds is 9. The number of carbonyl (C=O) groups excluding carboxylic acids is 1. The van der Waals surface area contributed by atoms with Crippen LogP contribution in [0.2, 0.25) is 0 Å². The van der Waals surface area contributed by atoms with Crippen LogP contribution in [-0.4, -0.2) is 46.5 Å². The minimum Gasteiger partial charge on any atom is -0.325 e. The van der Waals surface area contributed by atoms with Crippen LogP contribution in [0.3, 0.4) is 0 Å². The summed E-state index contributed by atoms with van der Waals surface area (Å²) in [5.41, 5.74) is 2.20. The quantitative estimate of drug-likeness (QED) is 0.484. The van der Waals surface area contributed by atoms with Crippen molar-refractivity contribution >= 4 is 44.4 Å². The van der Waals surface area contributed by atoms with Crippen molar-refractivity contribution in [2.75, 3.05) is 18.4 Å². The third-order valence-electron chi connectivity index (χ3n) is 5.04. The van der Waals surface area contributed by atoms with Gasteiger partial charge in [-0.05, 0) is 44.2 Å². The molecule has 1 N–H and O–H groups in total. The van der Waals surface area contributed by atoms with Gasteiger partial charge in [0.05, 0.1) is 21.2 Å².